The van der Waals surface area contributed by atoms with Crippen molar-refractivity contribution in [3.8, 4) is 16.9 Å². The molecule has 0 spiro atoms. The Morgan fingerprint density at radius 1 is 0.953 bits per heavy atom. The minimum absolute atomic E-state index is 0.0139. The number of aromatic hydroxyl groups is 1. The van der Waals surface area contributed by atoms with Gasteiger partial charge in [0, 0.05) is 67.2 Å². The van der Waals surface area contributed by atoms with Gasteiger partial charge in [-0.05, 0) is 60.7 Å². The number of carbonyl (C=O) groups excluding carboxylic acids is 3. The highest BCUT2D eigenvalue weighted by molar-refractivity contribution is 8.00. The van der Waals surface area contributed by atoms with Gasteiger partial charge in [-0.2, -0.15) is 0 Å². The molecular formula is C33H35FN4O4S. The predicted octanol–water partition coefficient (Wildman–Crippen LogP) is 4.88. The number of fused-ring (bicyclic) bond motifs is 6. The summed E-state index contributed by atoms with van der Waals surface area (Å²) in [4.78, 5) is 41.6. The molecule has 2 heterocycles. The van der Waals surface area contributed by atoms with Crippen LogP contribution in [0.4, 0.5) is 4.39 Å². The van der Waals surface area contributed by atoms with Crippen LogP contribution in [-0.2, 0) is 23.1 Å². The first-order chi connectivity index (χ1) is 20.8. The van der Waals surface area contributed by atoms with Crippen LogP contribution in [0.3, 0.4) is 0 Å². The average Bonchev–Trinajstić information content (AvgIpc) is 3.33. The van der Waals surface area contributed by atoms with Gasteiger partial charge in [0.1, 0.15) is 11.6 Å². The van der Waals surface area contributed by atoms with Gasteiger partial charge >= 0.3 is 0 Å². The number of thioether (sulfide) groups is 1. The molecule has 4 aromatic rings. The van der Waals surface area contributed by atoms with E-state index in [1.807, 2.05) is 42.1 Å². The molecular weight excluding hydrogens is 567 g/mol. The zero-order valence-electron chi connectivity index (χ0n) is 24.1. The summed E-state index contributed by atoms with van der Waals surface area (Å²) in [6.07, 6.45) is 3.80. The van der Waals surface area contributed by atoms with Gasteiger partial charge < -0.3 is 25.2 Å². The summed E-state index contributed by atoms with van der Waals surface area (Å²) >= 11 is 1.48. The average molecular weight is 603 g/mol. The molecule has 0 radical (unpaired) electrons. The number of para-hydroxylation sites is 1. The van der Waals surface area contributed by atoms with Crippen molar-refractivity contribution < 1.29 is 23.9 Å². The van der Waals surface area contributed by atoms with E-state index in [-0.39, 0.29) is 41.8 Å². The molecule has 224 valence electrons. The third-order valence-electron chi connectivity index (χ3n) is 7.61. The standard InChI is InChI=1S/C33H35FN4O4S/c1-37-20-30(24-6-2-3-7-28(24)37)43-21-32(41)38-16-4-8-31(40)35-15-13-22-9-12-29(39)25(18-22)23-10-11-27(34)26(19-23)33(42)36-14-5-17-38/h2-3,6-7,9-12,18-20,39H,4-5,8,13-17,21H2,1H3,(H,35,40)(H,36,42). The van der Waals surface area contributed by atoms with Crippen molar-refractivity contribution >= 4 is 40.4 Å². The monoisotopic (exact) mass is 602 g/mol. The van der Waals surface area contributed by atoms with E-state index in [2.05, 4.69) is 10.6 Å². The summed E-state index contributed by atoms with van der Waals surface area (Å²) in [6, 6.07) is 17.3. The Hall–Kier alpha value is -4.31. The van der Waals surface area contributed by atoms with Gasteiger partial charge in [-0.15, -0.1) is 11.8 Å². The summed E-state index contributed by atoms with van der Waals surface area (Å²) in [5.74, 6) is -1.10. The van der Waals surface area contributed by atoms with Gasteiger partial charge in [-0.1, -0.05) is 30.3 Å². The van der Waals surface area contributed by atoms with Crippen LogP contribution < -0.4 is 10.6 Å². The smallest absolute Gasteiger partial charge is 0.254 e. The molecule has 0 fully saturated rings. The summed E-state index contributed by atoms with van der Waals surface area (Å²) in [5, 5.41) is 17.3. The third kappa shape index (κ3) is 7.37. The number of halogens is 1. The second-order valence-electron chi connectivity index (χ2n) is 10.6. The predicted molar refractivity (Wildman–Crippen MR) is 167 cm³/mol. The lowest BCUT2D eigenvalue weighted by Crippen LogP contribution is -2.37. The molecule has 0 saturated carbocycles. The number of benzene rings is 3. The number of nitrogens with zero attached hydrogens (tertiary/aromatic N) is 2. The molecule has 10 heteroatoms. The second kappa shape index (κ2) is 13.8. The molecule has 3 N–H and O–H groups in total. The molecule has 4 bridgehead atoms. The van der Waals surface area contributed by atoms with Crippen LogP contribution in [0.1, 0.15) is 35.2 Å². The number of carbonyl (C=O) groups is 3. The molecule has 43 heavy (non-hydrogen) atoms. The molecule has 1 aromatic heterocycles. The van der Waals surface area contributed by atoms with Gasteiger partial charge in [0.25, 0.3) is 5.91 Å². The third-order valence-corrected chi connectivity index (χ3v) is 8.63. The van der Waals surface area contributed by atoms with Crippen LogP contribution in [0.5, 0.6) is 5.75 Å². The quantitative estimate of drug-likeness (QED) is 0.290. The normalized spacial score (nSPS) is 15.3. The van der Waals surface area contributed by atoms with Crippen LogP contribution in [0.2, 0.25) is 0 Å². The zero-order chi connectivity index (χ0) is 30.3. The van der Waals surface area contributed by atoms with Crippen LogP contribution in [0.25, 0.3) is 22.0 Å². The van der Waals surface area contributed by atoms with Crippen LogP contribution >= 0.6 is 11.8 Å². The molecule has 5 rings (SSSR count). The number of phenolic OH excluding ortho intramolecular Hbond substituents is 1. The first kappa shape index (κ1) is 30.2. The van der Waals surface area contributed by atoms with Crippen molar-refractivity contribution in [3.05, 3.63) is 83.8 Å². The molecule has 0 unspecified atom stereocenters. The molecule has 1 aliphatic heterocycles. The Bertz CT molecular complexity index is 1650. The maximum atomic E-state index is 14.7. The highest BCUT2D eigenvalue weighted by Crippen LogP contribution is 2.32. The molecule has 3 amide bonds. The Kier molecular flexibility index (Phi) is 9.66. The summed E-state index contributed by atoms with van der Waals surface area (Å²) in [5.41, 5.74) is 2.84. The zero-order valence-corrected chi connectivity index (χ0v) is 24.9. The summed E-state index contributed by atoms with van der Waals surface area (Å²) in [6.45, 7) is 1.45. The molecule has 1 aliphatic rings. The van der Waals surface area contributed by atoms with E-state index >= 15 is 0 Å². The lowest BCUT2D eigenvalue weighted by molar-refractivity contribution is -0.129. The van der Waals surface area contributed by atoms with Crippen molar-refractivity contribution in [1.82, 2.24) is 20.1 Å². The number of hydrogen-bond acceptors (Lipinski definition) is 5. The number of hydrogen-bond donors (Lipinski definition) is 3. The van der Waals surface area contributed by atoms with Crippen LogP contribution in [-0.4, -0.2) is 64.2 Å². The number of aryl methyl sites for hydroxylation is 1. The number of nitrogens with one attached hydrogen (secondary N) is 2. The van der Waals surface area contributed by atoms with Crippen molar-refractivity contribution in [3.63, 3.8) is 0 Å². The lowest BCUT2D eigenvalue weighted by Gasteiger charge is -2.23. The van der Waals surface area contributed by atoms with Crippen LogP contribution in [0, 0.1) is 5.82 Å². The lowest BCUT2D eigenvalue weighted by atomic mass is 9.98. The highest BCUT2D eigenvalue weighted by atomic mass is 32.2. The van der Waals surface area contributed by atoms with Crippen molar-refractivity contribution in [2.45, 2.75) is 30.6 Å². The van der Waals surface area contributed by atoms with Crippen molar-refractivity contribution in [2.75, 3.05) is 31.9 Å². The largest absolute Gasteiger partial charge is 0.507 e. The van der Waals surface area contributed by atoms with E-state index in [4.69, 9.17) is 0 Å². The van der Waals surface area contributed by atoms with Gasteiger partial charge in [-0.25, -0.2) is 4.39 Å². The summed E-state index contributed by atoms with van der Waals surface area (Å²) in [7, 11) is 1.98. The first-order valence-electron chi connectivity index (χ1n) is 14.4. The minimum Gasteiger partial charge on any atom is -0.507 e. The van der Waals surface area contributed by atoms with E-state index in [9.17, 15) is 23.9 Å². The number of aromatic nitrogens is 1. The number of rotatable bonds is 3. The van der Waals surface area contributed by atoms with E-state index in [1.165, 1.54) is 30.0 Å². The van der Waals surface area contributed by atoms with E-state index in [0.717, 1.165) is 21.4 Å². The molecule has 0 aliphatic carbocycles. The fourth-order valence-electron chi connectivity index (χ4n) is 5.28. The number of amides is 3. The topological polar surface area (TPSA) is 104 Å². The van der Waals surface area contributed by atoms with Gasteiger partial charge in [-0.3, -0.25) is 14.4 Å². The van der Waals surface area contributed by atoms with E-state index in [0.29, 0.717) is 50.0 Å². The van der Waals surface area contributed by atoms with Crippen molar-refractivity contribution in [2.24, 2.45) is 7.05 Å². The maximum absolute atomic E-state index is 14.7. The maximum Gasteiger partial charge on any atom is 0.254 e. The van der Waals surface area contributed by atoms with E-state index in [1.54, 1.807) is 23.1 Å². The Balaban J connectivity index is 1.30. The second-order valence-corrected chi connectivity index (χ2v) is 11.7. The Labute approximate surface area is 254 Å². The molecule has 0 saturated heterocycles. The highest BCUT2D eigenvalue weighted by Gasteiger charge is 2.18. The molecule has 8 nitrogen and oxygen atoms in total. The molecule has 0 atom stereocenters. The Morgan fingerprint density at radius 2 is 1.77 bits per heavy atom. The number of phenols is 1. The SMILES string of the molecule is Cn1cc(SCC(=O)N2CCCNC(=O)c3cc(ccc3F)-c3cc(ccc3O)CCNC(=O)CCC2)c2ccccc21. The van der Waals surface area contributed by atoms with E-state index < -0.39 is 11.7 Å². The fraction of sp³-hybridized carbons (Fsp3) is 0.303. The Morgan fingerprint density at radius 3 is 2.63 bits per heavy atom. The minimum atomic E-state index is -0.659. The van der Waals surface area contributed by atoms with Gasteiger partial charge in [0.2, 0.25) is 11.8 Å². The van der Waals surface area contributed by atoms with Gasteiger partial charge in [0.05, 0.1) is 11.3 Å². The van der Waals surface area contributed by atoms with Crippen molar-refractivity contribution in [1.29, 1.82) is 0 Å². The fourth-order valence-corrected chi connectivity index (χ4v) is 6.30. The van der Waals surface area contributed by atoms with Crippen LogP contribution in [0.15, 0.2) is 71.8 Å². The molecule has 3 aromatic carbocycles. The first-order valence-corrected chi connectivity index (χ1v) is 15.4. The van der Waals surface area contributed by atoms with Gasteiger partial charge in [0.15, 0.2) is 0 Å². The summed E-state index contributed by atoms with van der Waals surface area (Å²) < 4.78 is 16.7.